The number of hydrogen-bond donors (Lipinski definition) is 1. The van der Waals surface area contributed by atoms with Crippen molar-refractivity contribution in [2.24, 2.45) is 0 Å². The van der Waals surface area contributed by atoms with E-state index in [1.54, 1.807) is 0 Å². The minimum absolute atomic E-state index is 0.329. The summed E-state index contributed by atoms with van der Waals surface area (Å²) in [5, 5.41) is 6.75. The van der Waals surface area contributed by atoms with Crippen molar-refractivity contribution >= 4 is 0 Å². The molecule has 0 unspecified atom stereocenters. The van der Waals surface area contributed by atoms with Gasteiger partial charge in [0, 0.05) is 12.7 Å². The lowest BCUT2D eigenvalue weighted by Gasteiger charge is -2.06. The van der Waals surface area contributed by atoms with Crippen LogP contribution in [0.25, 0.3) is 0 Å². The molecule has 0 amide bonds. The summed E-state index contributed by atoms with van der Waals surface area (Å²) in [6, 6.07) is 8.72. The number of nitrogens with one attached hydrogen (secondary N) is 1. The maximum absolute atomic E-state index is 12.5. The average molecular weight is 283 g/mol. The SMILES string of the molecule is CCNCc1cccc(Cn2ccc(C(F)(F)F)n2)c1. The zero-order valence-electron chi connectivity index (χ0n) is 11.1. The predicted molar refractivity (Wildman–Crippen MR) is 70.2 cm³/mol. The number of alkyl halides is 3. The summed E-state index contributed by atoms with van der Waals surface area (Å²) in [6.07, 6.45) is -3.04. The zero-order valence-corrected chi connectivity index (χ0v) is 11.1. The highest BCUT2D eigenvalue weighted by Crippen LogP contribution is 2.27. The van der Waals surface area contributed by atoms with Crippen molar-refractivity contribution in [1.29, 1.82) is 0 Å². The molecule has 2 aromatic rings. The van der Waals surface area contributed by atoms with Gasteiger partial charge in [-0.3, -0.25) is 4.68 Å². The van der Waals surface area contributed by atoms with Gasteiger partial charge in [-0.2, -0.15) is 18.3 Å². The standard InChI is InChI=1S/C14H16F3N3/c1-2-18-9-11-4-3-5-12(8-11)10-20-7-6-13(19-20)14(15,16)17/h3-8,18H,2,9-10H2,1H3. The van der Waals surface area contributed by atoms with Crippen LogP contribution in [0.1, 0.15) is 23.7 Å². The maximum atomic E-state index is 12.5. The van der Waals surface area contributed by atoms with E-state index in [1.165, 1.54) is 10.9 Å². The van der Waals surface area contributed by atoms with E-state index in [-0.39, 0.29) is 0 Å². The van der Waals surface area contributed by atoms with E-state index >= 15 is 0 Å². The van der Waals surface area contributed by atoms with E-state index in [0.29, 0.717) is 6.54 Å². The largest absolute Gasteiger partial charge is 0.435 e. The van der Waals surface area contributed by atoms with Crippen molar-refractivity contribution in [3.05, 3.63) is 53.3 Å². The molecule has 0 saturated carbocycles. The molecule has 1 heterocycles. The van der Waals surface area contributed by atoms with E-state index in [4.69, 9.17) is 0 Å². The van der Waals surface area contributed by atoms with Crippen molar-refractivity contribution < 1.29 is 13.2 Å². The lowest BCUT2D eigenvalue weighted by Crippen LogP contribution is -2.12. The Hall–Kier alpha value is -1.82. The van der Waals surface area contributed by atoms with Crippen LogP contribution in [-0.4, -0.2) is 16.3 Å². The molecule has 6 heteroatoms. The Morgan fingerprint density at radius 1 is 1.20 bits per heavy atom. The van der Waals surface area contributed by atoms with Crippen molar-refractivity contribution in [3.8, 4) is 0 Å². The fourth-order valence-electron chi connectivity index (χ4n) is 1.90. The molecule has 0 spiro atoms. The van der Waals surface area contributed by atoms with Crippen LogP contribution in [-0.2, 0) is 19.3 Å². The zero-order chi connectivity index (χ0) is 14.6. The molecule has 0 saturated heterocycles. The molecular formula is C14H16F3N3. The first-order valence-electron chi connectivity index (χ1n) is 6.38. The highest BCUT2D eigenvalue weighted by molar-refractivity contribution is 5.23. The van der Waals surface area contributed by atoms with Crippen LogP contribution in [0.5, 0.6) is 0 Å². The summed E-state index contributed by atoms with van der Waals surface area (Å²) in [6.45, 7) is 3.97. The fourth-order valence-corrected chi connectivity index (χ4v) is 1.90. The van der Waals surface area contributed by atoms with Gasteiger partial charge in [-0.1, -0.05) is 31.2 Å². The third kappa shape index (κ3) is 3.84. The van der Waals surface area contributed by atoms with E-state index < -0.39 is 11.9 Å². The van der Waals surface area contributed by atoms with Gasteiger partial charge >= 0.3 is 6.18 Å². The molecule has 0 aliphatic rings. The van der Waals surface area contributed by atoms with Crippen LogP contribution in [0, 0.1) is 0 Å². The Bertz CT molecular complexity index is 561. The molecule has 2 rings (SSSR count). The third-order valence-electron chi connectivity index (χ3n) is 2.85. The summed E-state index contributed by atoms with van der Waals surface area (Å²) in [4.78, 5) is 0. The second-order valence-electron chi connectivity index (χ2n) is 4.50. The van der Waals surface area contributed by atoms with E-state index in [0.717, 1.165) is 30.3 Å². The van der Waals surface area contributed by atoms with Gasteiger partial charge in [0.05, 0.1) is 6.54 Å². The summed E-state index contributed by atoms with van der Waals surface area (Å²) < 4.78 is 38.7. The highest BCUT2D eigenvalue weighted by Gasteiger charge is 2.33. The topological polar surface area (TPSA) is 29.9 Å². The molecule has 20 heavy (non-hydrogen) atoms. The monoisotopic (exact) mass is 283 g/mol. The number of halogens is 3. The lowest BCUT2D eigenvalue weighted by molar-refractivity contribution is -0.141. The van der Waals surface area contributed by atoms with Crippen molar-refractivity contribution in [2.45, 2.75) is 26.2 Å². The van der Waals surface area contributed by atoms with E-state index in [9.17, 15) is 13.2 Å². The minimum Gasteiger partial charge on any atom is -0.313 e. The molecule has 3 nitrogen and oxygen atoms in total. The molecule has 0 fully saturated rings. The Kier molecular flexibility index (Phi) is 4.44. The summed E-state index contributed by atoms with van der Waals surface area (Å²) in [5.74, 6) is 0. The van der Waals surface area contributed by atoms with Gasteiger partial charge in [0.2, 0.25) is 0 Å². The Labute approximate surface area is 115 Å². The number of hydrogen-bond acceptors (Lipinski definition) is 2. The molecule has 0 atom stereocenters. The molecule has 1 aromatic carbocycles. The molecule has 0 radical (unpaired) electrons. The van der Waals surface area contributed by atoms with Gasteiger partial charge in [-0.25, -0.2) is 0 Å². The van der Waals surface area contributed by atoms with Crippen LogP contribution < -0.4 is 5.32 Å². The number of benzene rings is 1. The Morgan fingerprint density at radius 2 is 1.95 bits per heavy atom. The maximum Gasteiger partial charge on any atom is 0.435 e. The fraction of sp³-hybridized carbons (Fsp3) is 0.357. The molecule has 0 bridgehead atoms. The van der Waals surface area contributed by atoms with E-state index in [1.807, 2.05) is 31.2 Å². The predicted octanol–water partition coefficient (Wildman–Crippen LogP) is 3.06. The number of rotatable bonds is 5. The van der Waals surface area contributed by atoms with Gasteiger partial charge in [0.1, 0.15) is 0 Å². The van der Waals surface area contributed by atoms with Crippen molar-refractivity contribution in [2.75, 3.05) is 6.54 Å². The van der Waals surface area contributed by atoms with Gasteiger partial charge in [-0.15, -0.1) is 0 Å². The summed E-state index contributed by atoms with van der Waals surface area (Å²) in [7, 11) is 0. The van der Waals surface area contributed by atoms with Crippen LogP contribution >= 0.6 is 0 Å². The van der Waals surface area contributed by atoms with Crippen LogP contribution in [0.15, 0.2) is 36.5 Å². The first-order chi connectivity index (χ1) is 9.49. The van der Waals surface area contributed by atoms with Gasteiger partial charge in [-0.05, 0) is 23.7 Å². The second-order valence-corrected chi connectivity index (χ2v) is 4.50. The van der Waals surface area contributed by atoms with Crippen LogP contribution in [0.2, 0.25) is 0 Å². The molecule has 108 valence electrons. The number of aromatic nitrogens is 2. The molecule has 1 aromatic heterocycles. The summed E-state index contributed by atoms with van der Waals surface area (Å²) in [5.41, 5.74) is 1.17. The van der Waals surface area contributed by atoms with Gasteiger partial charge in [0.25, 0.3) is 0 Å². The molecule has 0 aliphatic heterocycles. The average Bonchev–Trinajstić information content (AvgIpc) is 2.85. The quantitative estimate of drug-likeness (QED) is 0.914. The van der Waals surface area contributed by atoms with Gasteiger partial charge < -0.3 is 5.32 Å². The molecule has 1 N–H and O–H groups in total. The lowest BCUT2D eigenvalue weighted by atomic mass is 10.1. The summed E-state index contributed by atoms with van der Waals surface area (Å²) >= 11 is 0. The van der Waals surface area contributed by atoms with Gasteiger partial charge in [0.15, 0.2) is 5.69 Å². The highest BCUT2D eigenvalue weighted by atomic mass is 19.4. The number of nitrogens with zero attached hydrogens (tertiary/aromatic N) is 2. The van der Waals surface area contributed by atoms with Crippen LogP contribution in [0.3, 0.4) is 0 Å². The normalized spacial score (nSPS) is 11.8. The van der Waals surface area contributed by atoms with E-state index in [2.05, 4.69) is 10.4 Å². The molecular weight excluding hydrogens is 267 g/mol. The third-order valence-corrected chi connectivity index (χ3v) is 2.85. The minimum atomic E-state index is -4.39. The second kappa shape index (κ2) is 6.09. The smallest absolute Gasteiger partial charge is 0.313 e. The first-order valence-corrected chi connectivity index (χ1v) is 6.38. The van der Waals surface area contributed by atoms with Crippen molar-refractivity contribution in [1.82, 2.24) is 15.1 Å². The van der Waals surface area contributed by atoms with Crippen LogP contribution in [0.4, 0.5) is 13.2 Å². The molecule has 0 aliphatic carbocycles. The Morgan fingerprint density at radius 3 is 2.60 bits per heavy atom. The van der Waals surface area contributed by atoms with Crippen molar-refractivity contribution in [3.63, 3.8) is 0 Å². The Balaban J connectivity index is 2.08. The first kappa shape index (κ1) is 14.6.